The molecule has 0 aromatic heterocycles. The van der Waals surface area contributed by atoms with E-state index in [4.69, 9.17) is 10.5 Å². The molecule has 0 spiro atoms. The Balaban J connectivity index is 1.81. The van der Waals surface area contributed by atoms with Crippen molar-refractivity contribution in [1.82, 2.24) is 5.32 Å². The standard InChI is InChI=1S/C17H28N2O/c1-13-10-15(13)11-19-17(2,12-18)9-8-14-4-6-16(20-3)7-5-14/h4-7,13,15,19H,8-12,18H2,1-3H3. The maximum atomic E-state index is 5.98. The number of nitrogens with one attached hydrogen (secondary N) is 1. The van der Waals surface area contributed by atoms with E-state index in [0.717, 1.165) is 37.0 Å². The van der Waals surface area contributed by atoms with Crippen molar-refractivity contribution in [3.8, 4) is 5.75 Å². The molecule has 3 N–H and O–H groups in total. The van der Waals surface area contributed by atoms with Gasteiger partial charge in [-0.3, -0.25) is 0 Å². The van der Waals surface area contributed by atoms with Crippen molar-refractivity contribution in [3.05, 3.63) is 29.8 Å². The number of methoxy groups -OCH3 is 1. The summed E-state index contributed by atoms with van der Waals surface area (Å²) in [6, 6.07) is 8.32. The Morgan fingerprint density at radius 1 is 1.35 bits per heavy atom. The van der Waals surface area contributed by atoms with Gasteiger partial charge in [0.2, 0.25) is 0 Å². The summed E-state index contributed by atoms with van der Waals surface area (Å²) in [6.07, 6.45) is 3.48. The Labute approximate surface area is 122 Å². The Kier molecular flexibility index (Phi) is 5.06. The van der Waals surface area contributed by atoms with Crippen LogP contribution in [0.5, 0.6) is 5.75 Å². The molecule has 1 aliphatic rings. The number of benzene rings is 1. The zero-order valence-corrected chi connectivity index (χ0v) is 13.0. The largest absolute Gasteiger partial charge is 0.497 e. The van der Waals surface area contributed by atoms with E-state index in [-0.39, 0.29) is 5.54 Å². The van der Waals surface area contributed by atoms with Crippen molar-refractivity contribution in [2.24, 2.45) is 17.6 Å². The van der Waals surface area contributed by atoms with Crippen LogP contribution in [0.25, 0.3) is 0 Å². The van der Waals surface area contributed by atoms with Crippen LogP contribution in [0.3, 0.4) is 0 Å². The number of hydrogen-bond donors (Lipinski definition) is 2. The fraction of sp³-hybridized carbons (Fsp3) is 0.647. The highest BCUT2D eigenvalue weighted by atomic mass is 16.5. The molecule has 3 nitrogen and oxygen atoms in total. The number of nitrogens with two attached hydrogens (primary N) is 1. The van der Waals surface area contributed by atoms with E-state index in [9.17, 15) is 0 Å². The molecule has 0 saturated heterocycles. The highest BCUT2D eigenvalue weighted by Gasteiger charge is 2.34. The van der Waals surface area contributed by atoms with Crippen molar-refractivity contribution in [2.45, 2.75) is 38.6 Å². The summed E-state index contributed by atoms with van der Waals surface area (Å²) in [7, 11) is 1.70. The molecule has 1 saturated carbocycles. The van der Waals surface area contributed by atoms with Crippen LogP contribution in [-0.2, 0) is 6.42 Å². The molecule has 0 aliphatic heterocycles. The molecule has 0 amide bonds. The smallest absolute Gasteiger partial charge is 0.118 e. The lowest BCUT2D eigenvalue weighted by Crippen LogP contribution is -2.49. The van der Waals surface area contributed by atoms with Crippen LogP contribution in [0.4, 0.5) is 0 Å². The predicted molar refractivity (Wildman–Crippen MR) is 84.0 cm³/mol. The lowest BCUT2D eigenvalue weighted by molar-refractivity contribution is 0.331. The Hall–Kier alpha value is -1.06. The second kappa shape index (κ2) is 6.59. The molecule has 1 aromatic carbocycles. The van der Waals surface area contributed by atoms with Crippen LogP contribution >= 0.6 is 0 Å². The molecule has 1 aromatic rings. The lowest BCUT2D eigenvalue weighted by Gasteiger charge is -2.30. The number of rotatable bonds is 8. The van der Waals surface area contributed by atoms with Crippen LogP contribution in [0, 0.1) is 11.8 Å². The molecular weight excluding hydrogens is 248 g/mol. The Bertz CT molecular complexity index is 418. The van der Waals surface area contributed by atoms with Crippen molar-refractivity contribution in [1.29, 1.82) is 0 Å². The van der Waals surface area contributed by atoms with Gasteiger partial charge in [0.15, 0.2) is 0 Å². The van der Waals surface area contributed by atoms with E-state index in [0.29, 0.717) is 6.54 Å². The monoisotopic (exact) mass is 276 g/mol. The minimum absolute atomic E-state index is 0.0439. The molecule has 2 rings (SSSR count). The summed E-state index contributed by atoms with van der Waals surface area (Å²) in [6.45, 7) is 6.36. The Morgan fingerprint density at radius 3 is 2.50 bits per heavy atom. The number of ether oxygens (including phenoxy) is 1. The molecule has 3 unspecified atom stereocenters. The van der Waals surface area contributed by atoms with Gasteiger partial charge in [-0.2, -0.15) is 0 Å². The highest BCUT2D eigenvalue weighted by Crippen LogP contribution is 2.37. The van der Waals surface area contributed by atoms with Crippen molar-refractivity contribution >= 4 is 0 Å². The van der Waals surface area contributed by atoms with E-state index >= 15 is 0 Å². The summed E-state index contributed by atoms with van der Waals surface area (Å²) < 4.78 is 5.19. The van der Waals surface area contributed by atoms with Crippen molar-refractivity contribution < 1.29 is 4.74 Å². The van der Waals surface area contributed by atoms with Gasteiger partial charge < -0.3 is 15.8 Å². The fourth-order valence-electron chi connectivity index (χ4n) is 2.54. The molecule has 1 fully saturated rings. The topological polar surface area (TPSA) is 47.3 Å². The average Bonchev–Trinajstić information content (AvgIpc) is 3.19. The first-order valence-corrected chi connectivity index (χ1v) is 7.64. The maximum Gasteiger partial charge on any atom is 0.118 e. The van der Waals surface area contributed by atoms with Gasteiger partial charge >= 0.3 is 0 Å². The van der Waals surface area contributed by atoms with Crippen LogP contribution in [-0.4, -0.2) is 25.7 Å². The van der Waals surface area contributed by atoms with Gasteiger partial charge in [0.05, 0.1) is 7.11 Å². The van der Waals surface area contributed by atoms with Gasteiger partial charge in [0.1, 0.15) is 5.75 Å². The van der Waals surface area contributed by atoms with E-state index in [1.807, 2.05) is 12.1 Å². The quantitative estimate of drug-likeness (QED) is 0.767. The van der Waals surface area contributed by atoms with Gasteiger partial charge in [-0.25, -0.2) is 0 Å². The van der Waals surface area contributed by atoms with Crippen LogP contribution in [0.1, 0.15) is 32.3 Å². The molecule has 0 heterocycles. The predicted octanol–water partition coefficient (Wildman–Crippen LogP) is 2.59. The van der Waals surface area contributed by atoms with Gasteiger partial charge in [-0.15, -0.1) is 0 Å². The van der Waals surface area contributed by atoms with E-state index in [1.54, 1.807) is 7.11 Å². The Morgan fingerprint density at radius 2 is 2.00 bits per heavy atom. The van der Waals surface area contributed by atoms with Crippen LogP contribution < -0.4 is 15.8 Å². The minimum atomic E-state index is 0.0439. The zero-order valence-electron chi connectivity index (χ0n) is 13.0. The van der Waals surface area contributed by atoms with E-state index < -0.39 is 0 Å². The summed E-state index contributed by atoms with van der Waals surface area (Å²) in [5, 5.41) is 3.68. The van der Waals surface area contributed by atoms with Crippen molar-refractivity contribution in [2.75, 3.05) is 20.2 Å². The first-order chi connectivity index (χ1) is 9.56. The SMILES string of the molecule is COc1ccc(CCC(C)(CN)NCC2CC2C)cc1. The zero-order chi connectivity index (χ0) is 14.6. The first kappa shape index (κ1) is 15.3. The summed E-state index contributed by atoms with van der Waals surface area (Å²) >= 11 is 0. The second-order valence-corrected chi connectivity index (χ2v) is 6.47. The lowest BCUT2D eigenvalue weighted by atomic mass is 9.93. The summed E-state index contributed by atoms with van der Waals surface area (Å²) in [4.78, 5) is 0. The molecule has 3 atom stereocenters. The molecule has 3 heteroatoms. The number of aryl methyl sites for hydroxylation is 1. The summed E-state index contributed by atoms with van der Waals surface area (Å²) in [5.41, 5.74) is 7.36. The van der Waals surface area contributed by atoms with Crippen molar-refractivity contribution in [3.63, 3.8) is 0 Å². The third-order valence-corrected chi connectivity index (χ3v) is 4.64. The third kappa shape index (κ3) is 4.22. The van der Waals surface area contributed by atoms with Gasteiger partial charge in [-0.1, -0.05) is 19.1 Å². The summed E-state index contributed by atoms with van der Waals surface area (Å²) in [5.74, 6) is 2.67. The number of hydrogen-bond acceptors (Lipinski definition) is 3. The second-order valence-electron chi connectivity index (χ2n) is 6.47. The van der Waals surface area contributed by atoms with E-state index in [1.165, 1.54) is 12.0 Å². The molecule has 112 valence electrons. The minimum Gasteiger partial charge on any atom is -0.497 e. The van der Waals surface area contributed by atoms with Gasteiger partial charge in [-0.05, 0) is 62.3 Å². The van der Waals surface area contributed by atoms with Crippen LogP contribution in [0.2, 0.25) is 0 Å². The molecule has 0 radical (unpaired) electrons. The fourth-order valence-corrected chi connectivity index (χ4v) is 2.54. The third-order valence-electron chi connectivity index (χ3n) is 4.64. The normalized spacial score (nSPS) is 24.2. The van der Waals surface area contributed by atoms with E-state index in [2.05, 4.69) is 31.3 Å². The first-order valence-electron chi connectivity index (χ1n) is 7.64. The molecular formula is C17H28N2O. The van der Waals surface area contributed by atoms with Crippen LogP contribution in [0.15, 0.2) is 24.3 Å². The maximum absolute atomic E-state index is 5.98. The average molecular weight is 276 g/mol. The molecule has 0 bridgehead atoms. The highest BCUT2D eigenvalue weighted by molar-refractivity contribution is 5.27. The van der Waals surface area contributed by atoms with Gasteiger partial charge in [0, 0.05) is 12.1 Å². The van der Waals surface area contributed by atoms with Gasteiger partial charge in [0.25, 0.3) is 0 Å². The molecule has 1 aliphatic carbocycles. The molecule has 20 heavy (non-hydrogen) atoms.